The van der Waals surface area contributed by atoms with E-state index in [1.165, 1.54) is 6.42 Å². The summed E-state index contributed by atoms with van der Waals surface area (Å²) in [6.07, 6.45) is 2.69. The van der Waals surface area contributed by atoms with Gasteiger partial charge in [0.1, 0.15) is 12.4 Å². The summed E-state index contributed by atoms with van der Waals surface area (Å²) in [6, 6.07) is 19.6. The maximum absolute atomic E-state index is 12.4. The Morgan fingerprint density at radius 2 is 1.84 bits per heavy atom. The van der Waals surface area contributed by atoms with Crippen LogP contribution < -0.4 is 15.4 Å². The molecule has 1 aliphatic heterocycles. The zero-order chi connectivity index (χ0) is 17.3. The second-order valence-electron chi connectivity index (χ2n) is 6.55. The van der Waals surface area contributed by atoms with Crippen LogP contribution in [0.15, 0.2) is 60.7 Å². The van der Waals surface area contributed by atoms with Crippen LogP contribution in [0.3, 0.4) is 0 Å². The summed E-state index contributed by atoms with van der Waals surface area (Å²) in [4.78, 5) is 12.4. The molecule has 0 saturated carbocycles. The molecule has 2 N–H and O–H groups in total. The van der Waals surface area contributed by atoms with E-state index in [1.807, 2.05) is 60.7 Å². The summed E-state index contributed by atoms with van der Waals surface area (Å²) in [6.45, 7) is 2.53. The number of hydrogen-bond donors (Lipinski definition) is 2. The first kappa shape index (κ1) is 17.5. The third-order valence-corrected chi connectivity index (χ3v) is 4.64. The number of rotatable bonds is 8. The van der Waals surface area contributed by atoms with Crippen LogP contribution in [-0.2, 0) is 4.79 Å². The van der Waals surface area contributed by atoms with E-state index in [1.54, 1.807) is 0 Å². The van der Waals surface area contributed by atoms with Crippen molar-refractivity contribution in [2.45, 2.75) is 25.3 Å². The molecule has 1 saturated heterocycles. The molecular formula is C21H26N2O2. The maximum atomic E-state index is 12.4. The molecule has 1 heterocycles. The zero-order valence-electron chi connectivity index (χ0n) is 14.5. The minimum absolute atomic E-state index is 0.0948. The fourth-order valence-electron chi connectivity index (χ4n) is 3.17. The maximum Gasteiger partial charge on any atom is 0.220 e. The number of carbonyl (C=O) groups excluding carboxylic acids is 1. The first-order valence-corrected chi connectivity index (χ1v) is 9.04. The van der Waals surface area contributed by atoms with Crippen molar-refractivity contribution >= 4 is 5.91 Å². The van der Waals surface area contributed by atoms with Crippen molar-refractivity contribution in [2.75, 3.05) is 19.7 Å². The number of amides is 1. The van der Waals surface area contributed by atoms with Gasteiger partial charge < -0.3 is 15.4 Å². The smallest absolute Gasteiger partial charge is 0.220 e. The lowest BCUT2D eigenvalue weighted by molar-refractivity contribution is -0.122. The van der Waals surface area contributed by atoms with Gasteiger partial charge in [-0.25, -0.2) is 0 Å². The van der Waals surface area contributed by atoms with Crippen LogP contribution in [0, 0.1) is 5.92 Å². The number of hydrogen-bond acceptors (Lipinski definition) is 3. The molecule has 132 valence electrons. The number of nitrogens with one attached hydrogen (secondary N) is 2. The monoisotopic (exact) mass is 338 g/mol. The van der Waals surface area contributed by atoms with Gasteiger partial charge in [-0.15, -0.1) is 0 Å². The normalized spacial score (nSPS) is 17.8. The Kier molecular flexibility index (Phi) is 6.46. The van der Waals surface area contributed by atoms with Crippen molar-refractivity contribution in [3.05, 3.63) is 66.2 Å². The van der Waals surface area contributed by atoms with Crippen LogP contribution in [0.4, 0.5) is 0 Å². The van der Waals surface area contributed by atoms with Gasteiger partial charge in [-0.1, -0.05) is 48.5 Å². The lowest BCUT2D eigenvalue weighted by Gasteiger charge is -2.20. The van der Waals surface area contributed by atoms with E-state index in [9.17, 15) is 4.79 Å². The third-order valence-electron chi connectivity index (χ3n) is 4.64. The van der Waals surface area contributed by atoms with Crippen LogP contribution in [0.2, 0.25) is 0 Å². The van der Waals surface area contributed by atoms with Crippen molar-refractivity contribution in [1.82, 2.24) is 10.6 Å². The molecular weight excluding hydrogens is 312 g/mol. The SMILES string of the molecule is O=C(CCC1CCNC1)NC(COc1ccccc1)c1ccccc1. The van der Waals surface area contributed by atoms with Crippen molar-refractivity contribution < 1.29 is 9.53 Å². The fourth-order valence-corrected chi connectivity index (χ4v) is 3.17. The zero-order valence-corrected chi connectivity index (χ0v) is 14.5. The van der Waals surface area contributed by atoms with Crippen LogP contribution in [0.1, 0.15) is 30.9 Å². The summed E-state index contributed by atoms with van der Waals surface area (Å²) >= 11 is 0. The number of benzene rings is 2. The standard InChI is InChI=1S/C21H26N2O2/c24-21(12-11-17-13-14-22-15-17)23-20(18-7-3-1-4-8-18)16-25-19-9-5-2-6-10-19/h1-10,17,20,22H,11-16H2,(H,23,24). The quantitative estimate of drug-likeness (QED) is 0.776. The summed E-state index contributed by atoms with van der Waals surface area (Å²) in [7, 11) is 0. The number of carbonyl (C=O) groups is 1. The molecule has 25 heavy (non-hydrogen) atoms. The summed E-state index contributed by atoms with van der Waals surface area (Å²) < 4.78 is 5.88. The van der Waals surface area contributed by atoms with E-state index in [0.29, 0.717) is 18.9 Å². The second-order valence-corrected chi connectivity index (χ2v) is 6.55. The molecule has 2 atom stereocenters. The topological polar surface area (TPSA) is 50.4 Å². The van der Waals surface area contributed by atoms with Gasteiger partial charge in [0.05, 0.1) is 6.04 Å². The first-order chi connectivity index (χ1) is 12.3. The van der Waals surface area contributed by atoms with Gasteiger partial charge >= 0.3 is 0 Å². The Bertz CT molecular complexity index is 639. The fraction of sp³-hybridized carbons (Fsp3) is 0.381. The molecule has 2 aromatic carbocycles. The Morgan fingerprint density at radius 1 is 1.12 bits per heavy atom. The molecule has 0 radical (unpaired) electrons. The number of para-hydroxylation sites is 1. The summed E-state index contributed by atoms with van der Waals surface area (Å²) in [5, 5.41) is 6.49. The van der Waals surface area contributed by atoms with Gasteiger partial charge in [0.25, 0.3) is 0 Å². The number of ether oxygens (including phenoxy) is 1. The molecule has 0 aromatic heterocycles. The van der Waals surface area contributed by atoms with E-state index < -0.39 is 0 Å². The minimum atomic E-state index is -0.143. The van der Waals surface area contributed by atoms with Crippen LogP contribution in [0.25, 0.3) is 0 Å². The summed E-state index contributed by atoms with van der Waals surface area (Å²) in [5.41, 5.74) is 1.06. The van der Waals surface area contributed by atoms with Gasteiger partial charge in [-0.2, -0.15) is 0 Å². The minimum Gasteiger partial charge on any atom is -0.491 e. The van der Waals surface area contributed by atoms with E-state index in [2.05, 4.69) is 10.6 Å². The molecule has 1 fully saturated rings. The van der Waals surface area contributed by atoms with E-state index >= 15 is 0 Å². The van der Waals surface area contributed by atoms with E-state index in [4.69, 9.17) is 4.74 Å². The molecule has 4 heteroatoms. The molecule has 3 rings (SSSR count). The highest BCUT2D eigenvalue weighted by Crippen LogP contribution is 2.18. The Labute approximate surface area is 149 Å². The average molecular weight is 338 g/mol. The van der Waals surface area contributed by atoms with Crippen LogP contribution in [0.5, 0.6) is 5.75 Å². The van der Waals surface area contributed by atoms with Gasteiger partial charge in [0, 0.05) is 6.42 Å². The van der Waals surface area contributed by atoms with Gasteiger partial charge in [-0.05, 0) is 49.5 Å². The lowest BCUT2D eigenvalue weighted by Crippen LogP contribution is -2.32. The van der Waals surface area contributed by atoms with Gasteiger partial charge in [0.2, 0.25) is 5.91 Å². The van der Waals surface area contributed by atoms with Crippen molar-refractivity contribution in [1.29, 1.82) is 0 Å². The highest BCUT2D eigenvalue weighted by molar-refractivity contribution is 5.76. The van der Waals surface area contributed by atoms with E-state index in [0.717, 1.165) is 30.8 Å². The lowest BCUT2D eigenvalue weighted by atomic mass is 10.0. The molecule has 2 aromatic rings. The Hall–Kier alpha value is -2.33. The first-order valence-electron chi connectivity index (χ1n) is 9.04. The van der Waals surface area contributed by atoms with Crippen molar-refractivity contribution in [3.8, 4) is 5.75 Å². The van der Waals surface area contributed by atoms with Crippen LogP contribution in [-0.4, -0.2) is 25.6 Å². The highest BCUT2D eigenvalue weighted by Gasteiger charge is 2.19. The summed E-state index contributed by atoms with van der Waals surface area (Å²) in [5.74, 6) is 1.54. The predicted octanol–water partition coefficient (Wildman–Crippen LogP) is 3.31. The van der Waals surface area contributed by atoms with Crippen molar-refractivity contribution in [2.24, 2.45) is 5.92 Å². The average Bonchev–Trinajstić information content (AvgIpc) is 3.18. The van der Waals surface area contributed by atoms with E-state index in [-0.39, 0.29) is 11.9 Å². The van der Waals surface area contributed by atoms with Crippen LogP contribution >= 0.6 is 0 Å². The Morgan fingerprint density at radius 3 is 2.52 bits per heavy atom. The van der Waals surface area contributed by atoms with Gasteiger partial charge in [0.15, 0.2) is 0 Å². The second kappa shape index (κ2) is 9.23. The molecule has 1 amide bonds. The predicted molar refractivity (Wildman–Crippen MR) is 99.5 cm³/mol. The third kappa shape index (κ3) is 5.61. The molecule has 0 spiro atoms. The largest absolute Gasteiger partial charge is 0.491 e. The molecule has 0 bridgehead atoms. The molecule has 1 aliphatic rings. The molecule has 0 aliphatic carbocycles. The van der Waals surface area contributed by atoms with Crippen molar-refractivity contribution in [3.63, 3.8) is 0 Å². The highest BCUT2D eigenvalue weighted by atomic mass is 16.5. The molecule has 2 unspecified atom stereocenters. The Balaban J connectivity index is 1.56. The molecule has 4 nitrogen and oxygen atoms in total. The van der Waals surface area contributed by atoms with Gasteiger partial charge in [-0.3, -0.25) is 4.79 Å².